The molecule has 1 aliphatic heterocycles. The third-order valence-corrected chi connectivity index (χ3v) is 5.68. The van der Waals surface area contributed by atoms with E-state index in [2.05, 4.69) is 10.0 Å². The van der Waals surface area contributed by atoms with Gasteiger partial charge in [-0.25, -0.2) is 8.42 Å². The van der Waals surface area contributed by atoms with Crippen molar-refractivity contribution in [3.8, 4) is 5.75 Å². The summed E-state index contributed by atoms with van der Waals surface area (Å²) < 4.78 is 38.0. The highest BCUT2D eigenvalue weighted by Gasteiger charge is 2.18. The van der Waals surface area contributed by atoms with Gasteiger partial charge in [0.05, 0.1) is 18.1 Å². The number of hydrogen-bond acceptors (Lipinski definition) is 5. The second kappa shape index (κ2) is 8.41. The Morgan fingerprint density at radius 3 is 2.44 bits per heavy atom. The van der Waals surface area contributed by atoms with Gasteiger partial charge in [-0.05, 0) is 61.4 Å². The zero-order chi connectivity index (χ0) is 19.3. The highest BCUT2D eigenvalue weighted by Crippen LogP contribution is 2.19. The van der Waals surface area contributed by atoms with Crippen molar-refractivity contribution in [2.75, 3.05) is 25.0 Å². The zero-order valence-electron chi connectivity index (χ0n) is 15.0. The molecule has 8 heteroatoms. The van der Waals surface area contributed by atoms with Gasteiger partial charge in [-0.2, -0.15) is 0 Å². The molecule has 0 unspecified atom stereocenters. The van der Waals surface area contributed by atoms with Crippen LogP contribution in [-0.4, -0.2) is 40.7 Å². The first kappa shape index (κ1) is 19.2. The molecule has 1 fully saturated rings. The molecule has 2 aromatic carbocycles. The van der Waals surface area contributed by atoms with Crippen LogP contribution in [0.1, 0.15) is 23.2 Å². The summed E-state index contributed by atoms with van der Waals surface area (Å²) in [6, 6.07) is 12.4. The Balaban J connectivity index is 1.63. The smallest absolute Gasteiger partial charge is 0.261 e. The molecular formula is C19H22N2O5S. The predicted octanol–water partition coefficient (Wildman–Crippen LogP) is 2.40. The molecule has 3 rings (SSSR count). The van der Waals surface area contributed by atoms with Crippen molar-refractivity contribution >= 4 is 21.6 Å². The Kier molecular flexibility index (Phi) is 5.98. The molecule has 1 atom stereocenters. The third kappa shape index (κ3) is 4.99. The Morgan fingerprint density at radius 1 is 1.15 bits per heavy atom. The van der Waals surface area contributed by atoms with Gasteiger partial charge in [0.2, 0.25) is 0 Å². The molecule has 1 aliphatic rings. The summed E-state index contributed by atoms with van der Waals surface area (Å²) in [7, 11) is -2.20. The second-order valence-electron chi connectivity index (χ2n) is 6.20. The van der Waals surface area contributed by atoms with Gasteiger partial charge in [0.1, 0.15) is 5.75 Å². The van der Waals surface area contributed by atoms with Gasteiger partial charge in [0.15, 0.2) is 0 Å². The molecule has 0 aromatic heterocycles. The summed E-state index contributed by atoms with van der Waals surface area (Å²) in [4.78, 5) is 12.2. The third-order valence-electron chi connectivity index (χ3n) is 4.28. The summed E-state index contributed by atoms with van der Waals surface area (Å²) >= 11 is 0. The number of hydrogen-bond donors (Lipinski definition) is 2. The fourth-order valence-electron chi connectivity index (χ4n) is 2.77. The number of nitrogens with one attached hydrogen (secondary N) is 2. The largest absolute Gasteiger partial charge is 0.497 e. The van der Waals surface area contributed by atoms with Crippen LogP contribution in [0.5, 0.6) is 5.75 Å². The average Bonchev–Trinajstić information content (AvgIpc) is 3.20. The number of carbonyl (C=O) groups excluding carboxylic acids is 1. The lowest BCUT2D eigenvalue weighted by molar-refractivity contribution is 0.0857. The summed E-state index contributed by atoms with van der Waals surface area (Å²) in [5.41, 5.74) is 0.825. The van der Waals surface area contributed by atoms with Crippen LogP contribution in [-0.2, 0) is 14.8 Å². The molecule has 7 nitrogen and oxygen atoms in total. The normalized spacial score (nSPS) is 16.7. The minimum atomic E-state index is -3.74. The number of methoxy groups -OCH3 is 1. The van der Waals surface area contributed by atoms with Crippen LogP contribution < -0.4 is 14.8 Å². The lowest BCUT2D eigenvalue weighted by atomic mass is 10.2. The maximum Gasteiger partial charge on any atom is 0.261 e. The first-order valence-corrected chi connectivity index (χ1v) is 10.1. The number of carbonyl (C=O) groups is 1. The van der Waals surface area contributed by atoms with Crippen molar-refractivity contribution in [2.24, 2.45) is 0 Å². The van der Waals surface area contributed by atoms with E-state index >= 15 is 0 Å². The minimum absolute atomic E-state index is 0.0577. The average molecular weight is 390 g/mol. The van der Waals surface area contributed by atoms with Crippen LogP contribution in [0.3, 0.4) is 0 Å². The Hall–Kier alpha value is -2.58. The van der Waals surface area contributed by atoms with Gasteiger partial charge in [-0.15, -0.1) is 0 Å². The van der Waals surface area contributed by atoms with E-state index in [0.717, 1.165) is 19.4 Å². The van der Waals surface area contributed by atoms with Crippen LogP contribution in [0.25, 0.3) is 0 Å². The SMILES string of the molecule is COc1ccc(NS(=O)(=O)c2ccc(C(=O)NC[C@H]3CCCO3)cc2)cc1. The van der Waals surface area contributed by atoms with Crippen molar-refractivity contribution in [3.05, 3.63) is 54.1 Å². The van der Waals surface area contributed by atoms with E-state index in [-0.39, 0.29) is 16.9 Å². The van der Waals surface area contributed by atoms with Gasteiger partial charge >= 0.3 is 0 Å². The minimum Gasteiger partial charge on any atom is -0.497 e. The first-order chi connectivity index (χ1) is 13.0. The molecular weight excluding hydrogens is 368 g/mol. The molecule has 27 heavy (non-hydrogen) atoms. The summed E-state index contributed by atoms with van der Waals surface area (Å²) in [5.74, 6) is 0.383. The highest BCUT2D eigenvalue weighted by atomic mass is 32.2. The van der Waals surface area contributed by atoms with Gasteiger partial charge in [-0.3, -0.25) is 9.52 Å². The molecule has 0 bridgehead atoms. The molecule has 1 amide bonds. The molecule has 2 N–H and O–H groups in total. The van der Waals surface area contributed by atoms with Gasteiger partial charge < -0.3 is 14.8 Å². The molecule has 0 radical (unpaired) electrons. The Bertz CT molecular complexity index is 873. The van der Waals surface area contributed by atoms with E-state index in [1.165, 1.54) is 31.4 Å². The van der Waals surface area contributed by atoms with Crippen molar-refractivity contribution in [1.29, 1.82) is 0 Å². The van der Waals surface area contributed by atoms with E-state index in [1.807, 2.05) is 0 Å². The number of sulfonamides is 1. The molecule has 1 heterocycles. The van der Waals surface area contributed by atoms with E-state index in [4.69, 9.17) is 9.47 Å². The van der Waals surface area contributed by atoms with E-state index < -0.39 is 10.0 Å². The Morgan fingerprint density at radius 2 is 1.85 bits per heavy atom. The number of anilines is 1. The maximum absolute atomic E-state index is 12.5. The van der Waals surface area contributed by atoms with E-state index in [9.17, 15) is 13.2 Å². The van der Waals surface area contributed by atoms with Crippen LogP contribution >= 0.6 is 0 Å². The molecule has 144 valence electrons. The van der Waals surface area contributed by atoms with Gasteiger partial charge in [0, 0.05) is 24.4 Å². The van der Waals surface area contributed by atoms with Crippen molar-refractivity contribution in [3.63, 3.8) is 0 Å². The van der Waals surface area contributed by atoms with E-state index in [1.54, 1.807) is 24.3 Å². The fourth-order valence-corrected chi connectivity index (χ4v) is 3.83. The second-order valence-corrected chi connectivity index (χ2v) is 7.89. The topological polar surface area (TPSA) is 93.7 Å². The summed E-state index contributed by atoms with van der Waals surface area (Å²) in [5, 5.41) is 2.81. The van der Waals surface area contributed by atoms with E-state index in [0.29, 0.717) is 23.5 Å². The molecule has 0 aliphatic carbocycles. The predicted molar refractivity (Wildman–Crippen MR) is 102 cm³/mol. The number of rotatable bonds is 7. The highest BCUT2D eigenvalue weighted by molar-refractivity contribution is 7.92. The van der Waals surface area contributed by atoms with Crippen LogP contribution in [0.2, 0.25) is 0 Å². The fraction of sp³-hybridized carbons (Fsp3) is 0.316. The molecule has 2 aromatic rings. The molecule has 0 spiro atoms. The summed E-state index contributed by atoms with van der Waals surface area (Å²) in [6.07, 6.45) is 2.00. The zero-order valence-corrected chi connectivity index (χ0v) is 15.8. The maximum atomic E-state index is 12.5. The summed E-state index contributed by atoms with van der Waals surface area (Å²) in [6.45, 7) is 1.19. The standard InChI is InChI=1S/C19H22N2O5S/c1-25-16-8-6-15(7-9-16)21-27(23,24)18-10-4-14(5-11-18)19(22)20-13-17-3-2-12-26-17/h4-11,17,21H,2-3,12-13H2,1H3,(H,20,22)/t17-/m1/s1. The van der Waals surface area contributed by atoms with Gasteiger partial charge in [0.25, 0.3) is 15.9 Å². The van der Waals surface area contributed by atoms with Crippen molar-refractivity contribution < 1.29 is 22.7 Å². The monoisotopic (exact) mass is 390 g/mol. The quantitative estimate of drug-likeness (QED) is 0.757. The van der Waals surface area contributed by atoms with Crippen LogP contribution in [0.15, 0.2) is 53.4 Å². The first-order valence-electron chi connectivity index (χ1n) is 8.65. The number of benzene rings is 2. The number of ether oxygens (including phenoxy) is 2. The lowest BCUT2D eigenvalue weighted by Crippen LogP contribution is -2.31. The van der Waals surface area contributed by atoms with Gasteiger partial charge in [-0.1, -0.05) is 0 Å². The van der Waals surface area contributed by atoms with Crippen molar-refractivity contribution in [1.82, 2.24) is 5.32 Å². The van der Waals surface area contributed by atoms with Crippen molar-refractivity contribution in [2.45, 2.75) is 23.8 Å². The lowest BCUT2D eigenvalue weighted by Gasteiger charge is -2.11. The molecule has 1 saturated heterocycles. The molecule has 0 saturated carbocycles. The van der Waals surface area contributed by atoms with Crippen LogP contribution in [0.4, 0.5) is 5.69 Å². The Labute approximate surface area is 158 Å². The number of amides is 1. The van der Waals surface area contributed by atoms with Crippen LogP contribution in [0, 0.1) is 0 Å².